The molecule has 0 spiro atoms. The summed E-state index contributed by atoms with van der Waals surface area (Å²) in [6, 6.07) is 9.12. The van der Waals surface area contributed by atoms with E-state index < -0.39 is 17.7 Å². The second kappa shape index (κ2) is 9.95. The Bertz CT molecular complexity index is 1120. The maximum Gasteiger partial charge on any atom is 0.337 e. The lowest BCUT2D eigenvalue weighted by atomic mass is 9.74. The zero-order valence-corrected chi connectivity index (χ0v) is 23.6. The molecule has 2 aromatic rings. The van der Waals surface area contributed by atoms with Gasteiger partial charge in [0.05, 0.1) is 5.60 Å². The molecule has 36 heavy (non-hydrogen) atoms. The minimum Gasteiger partial charge on any atom is -0.479 e. The van der Waals surface area contributed by atoms with E-state index >= 15 is 0 Å². The number of carboxylic acids is 1. The first kappa shape index (κ1) is 26.9. The predicted molar refractivity (Wildman–Crippen MR) is 147 cm³/mol. The molecule has 2 atom stereocenters. The lowest BCUT2D eigenvalue weighted by Gasteiger charge is -2.44. The van der Waals surface area contributed by atoms with Crippen molar-refractivity contribution in [2.75, 3.05) is 6.54 Å². The predicted octanol–water partition coefficient (Wildman–Crippen LogP) is 7.55. The number of aliphatic carboxylic acids is 1. The normalized spacial score (nSPS) is 21.2. The number of hydrogen-bond acceptors (Lipinski definition) is 3. The molecule has 196 valence electrons. The Kier molecular flexibility index (Phi) is 7.43. The van der Waals surface area contributed by atoms with E-state index in [9.17, 15) is 9.90 Å². The fraction of sp³-hybridized carbons (Fsp3) is 0.594. The van der Waals surface area contributed by atoms with Crippen LogP contribution in [0.2, 0.25) is 0 Å². The van der Waals surface area contributed by atoms with Crippen LogP contribution in [0.25, 0.3) is 11.1 Å². The largest absolute Gasteiger partial charge is 0.479 e. The number of carboxylic acid groups (broad SMARTS) is 1. The molecule has 1 saturated carbocycles. The molecule has 4 rings (SSSR count). The van der Waals surface area contributed by atoms with Gasteiger partial charge in [0.1, 0.15) is 0 Å². The first-order valence-electron chi connectivity index (χ1n) is 13.6. The van der Waals surface area contributed by atoms with E-state index in [2.05, 4.69) is 63.8 Å². The molecule has 1 aliphatic carbocycles. The van der Waals surface area contributed by atoms with Gasteiger partial charge in [-0.25, -0.2) is 4.79 Å². The number of aryl methyl sites for hydroxylation is 1. The van der Waals surface area contributed by atoms with Crippen molar-refractivity contribution in [2.24, 2.45) is 5.41 Å². The summed E-state index contributed by atoms with van der Waals surface area (Å²) in [5.74, 6) is -0.928. The number of fused-ring (bicyclic) bond motifs is 1. The molecule has 1 aliphatic heterocycles. The Hall–Kier alpha value is -2.17. The standard InChI is InChI=1S/C32H45NO3/c1-20-11-13-23(14-12-20)27-22(3)26-19-33(24-10-9-16-32(7,8)18-24)17-15-25(26)21(2)28(27)29(30(34)35)36-31(4,5)6/h11-14,24,29H,9-10,15-19H2,1-8H3,(H,34,35)/t24?,29-/m0/s1. The fourth-order valence-corrected chi connectivity index (χ4v) is 6.53. The second-order valence-electron chi connectivity index (χ2n) is 12.9. The molecule has 0 amide bonds. The number of hydrogen-bond donors (Lipinski definition) is 1. The minimum absolute atomic E-state index is 0.407. The fourth-order valence-electron chi connectivity index (χ4n) is 6.53. The van der Waals surface area contributed by atoms with Crippen LogP contribution in [0.15, 0.2) is 24.3 Å². The van der Waals surface area contributed by atoms with Gasteiger partial charge in [-0.3, -0.25) is 4.90 Å². The summed E-state index contributed by atoms with van der Waals surface area (Å²) in [5.41, 5.74) is 8.97. The Morgan fingerprint density at radius 2 is 1.75 bits per heavy atom. The third-order valence-electron chi connectivity index (χ3n) is 8.32. The summed E-state index contributed by atoms with van der Waals surface area (Å²) in [5, 5.41) is 10.4. The molecule has 1 heterocycles. The van der Waals surface area contributed by atoms with Gasteiger partial charge in [0.2, 0.25) is 0 Å². The van der Waals surface area contributed by atoms with Crippen LogP contribution in [-0.2, 0) is 22.5 Å². The summed E-state index contributed by atoms with van der Waals surface area (Å²) in [6.45, 7) is 19.0. The molecule has 1 N–H and O–H groups in total. The van der Waals surface area contributed by atoms with Gasteiger partial charge in [-0.2, -0.15) is 0 Å². The van der Waals surface area contributed by atoms with Crippen LogP contribution in [0.5, 0.6) is 0 Å². The van der Waals surface area contributed by atoms with Gasteiger partial charge >= 0.3 is 5.97 Å². The van der Waals surface area contributed by atoms with Gasteiger partial charge in [0.25, 0.3) is 0 Å². The van der Waals surface area contributed by atoms with Crippen molar-refractivity contribution in [1.82, 2.24) is 4.90 Å². The second-order valence-corrected chi connectivity index (χ2v) is 12.9. The van der Waals surface area contributed by atoms with Gasteiger partial charge in [0.15, 0.2) is 6.10 Å². The maximum absolute atomic E-state index is 12.6. The average molecular weight is 492 g/mol. The summed E-state index contributed by atoms with van der Waals surface area (Å²) < 4.78 is 6.23. The molecule has 2 aromatic carbocycles. The third-order valence-corrected chi connectivity index (χ3v) is 8.32. The van der Waals surface area contributed by atoms with E-state index in [-0.39, 0.29) is 0 Å². The van der Waals surface area contributed by atoms with Gasteiger partial charge in [0, 0.05) is 24.7 Å². The van der Waals surface area contributed by atoms with Crippen LogP contribution in [0.1, 0.15) is 99.8 Å². The zero-order valence-electron chi connectivity index (χ0n) is 23.6. The van der Waals surface area contributed by atoms with Crippen LogP contribution < -0.4 is 0 Å². The van der Waals surface area contributed by atoms with E-state index in [0.29, 0.717) is 11.5 Å². The molecule has 4 heteroatoms. The molecule has 0 radical (unpaired) electrons. The van der Waals surface area contributed by atoms with Crippen molar-refractivity contribution in [3.05, 3.63) is 57.6 Å². The molecule has 4 nitrogen and oxygen atoms in total. The quantitative estimate of drug-likeness (QED) is 0.469. The smallest absolute Gasteiger partial charge is 0.337 e. The van der Waals surface area contributed by atoms with E-state index in [1.54, 1.807) is 0 Å². The van der Waals surface area contributed by atoms with Crippen molar-refractivity contribution in [3.63, 3.8) is 0 Å². The molecular formula is C32H45NO3. The molecule has 0 bridgehead atoms. The lowest BCUT2D eigenvalue weighted by molar-refractivity contribution is -0.160. The molecular weight excluding hydrogens is 446 g/mol. The van der Waals surface area contributed by atoms with Crippen molar-refractivity contribution >= 4 is 5.97 Å². The van der Waals surface area contributed by atoms with Crippen LogP contribution in [0.4, 0.5) is 0 Å². The van der Waals surface area contributed by atoms with Crippen molar-refractivity contribution in [1.29, 1.82) is 0 Å². The van der Waals surface area contributed by atoms with E-state index in [0.717, 1.165) is 41.8 Å². The van der Waals surface area contributed by atoms with Crippen LogP contribution in [0.3, 0.4) is 0 Å². The van der Waals surface area contributed by atoms with E-state index in [1.807, 2.05) is 20.8 Å². The number of ether oxygens (including phenoxy) is 1. The highest BCUT2D eigenvalue weighted by atomic mass is 16.5. The summed E-state index contributed by atoms with van der Waals surface area (Å²) >= 11 is 0. The Labute approximate surface area is 218 Å². The monoisotopic (exact) mass is 491 g/mol. The molecule has 2 aliphatic rings. The van der Waals surface area contributed by atoms with Crippen LogP contribution in [-0.4, -0.2) is 34.2 Å². The van der Waals surface area contributed by atoms with Crippen molar-refractivity contribution in [2.45, 2.75) is 112 Å². The number of benzene rings is 2. The average Bonchev–Trinajstić information content (AvgIpc) is 2.79. The Morgan fingerprint density at radius 1 is 1.08 bits per heavy atom. The minimum atomic E-state index is -1.01. The van der Waals surface area contributed by atoms with E-state index in [1.165, 1.54) is 47.9 Å². The summed E-state index contributed by atoms with van der Waals surface area (Å²) in [4.78, 5) is 15.3. The Balaban J connectivity index is 1.86. The first-order valence-corrected chi connectivity index (χ1v) is 13.6. The number of rotatable bonds is 5. The van der Waals surface area contributed by atoms with Crippen LogP contribution >= 0.6 is 0 Å². The van der Waals surface area contributed by atoms with Crippen LogP contribution in [0, 0.1) is 26.2 Å². The first-order chi connectivity index (χ1) is 16.8. The molecule has 0 saturated heterocycles. The summed E-state index contributed by atoms with van der Waals surface area (Å²) in [7, 11) is 0. The summed E-state index contributed by atoms with van der Waals surface area (Å²) in [6.07, 6.45) is 5.10. The SMILES string of the molecule is Cc1ccc(-c2c(C)c3c(c(C)c2[C@H](OC(C)(C)C)C(=O)O)CCN(C2CCCC(C)(C)C2)C3)cc1. The topological polar surface area (TPSA) is 49.8 Å². The maximum atomic E-state index is 12.6. The zero-order chi connectivity index (χ0) is 26.4. The van der Waals surface area contributed by atoms with Crippen molar-refractivity contribution in [3.8, 4) is 11.1 Å². The molecule has 1 fully saturated rings. The van der Waals surface area contributed by atoms with Gasteiger partial charge in [-0.05, 0) is 106 Å². The van der Waals surface area contributed by atoms with Gasteiger partial charge in [-0.15, -0.1) is 0 Å². The Morgan fingerprint density at radius 3 is 2.33 bits per heavy atom. The van der Waals surface area contributed by atoms with Crippen molar-refractivity contribution < 1.29 is 14.6 Å². The third kappa shape index (κ3) is 5.55. The highest BCUT2D eigenvalue weighted by molar-refractivity contribution is 5.84. The van der Waals surface area contributed by atoms with Gasteiger partial charge < -0.3 is 9.84 Å². The number of carbonyl (C=O) groups is 1. The highest BCUT2D eigenvalue weighted by Crippen LogP contribution is 2.44. The van der Waals surface area contributed by atoms with E-state index in [4.69, 9.17) is 4.74 Å². The molecule has 1 unspecified atom stereocenters. The van der Waals surface area contributed by atoms with Gasteiger partial charge in [-0.1, -0.05) is 50.1 Å². The lowest BCUT2D eigenvalue weighted by Crippen LogP contribution is -2.44. The number of nitrogens with zero attached hydrogens (tertiary/aromatic N) is 1. The highest BCUT2D eigenvalue weighted by Gasteiger charge is 2.37. The molecule has 0 aromatic heterocycles.